The van der Waals surface area contributed by atoms with Crippen molar-refractivity contribution in [3.05, 3.63) is 23.8 Å². The number of hydrogen-bond acceptors (Lipinski definition) is 4. The Morgan fingerprint density at radius 2 is 2.22 bits per heavy atom. The summed E-state index contributed by atoms with van der Waals surface area (Å²) in [5.41, 5.74) is 1.32. The van der Waals surface area contributed by atoms with E-state index in [9.17, 15) is 0 Å². The summed E-state index contributed by atoms with van der Waals surface area (Å²) in [6.45, 7) is 4.90. The van der Waals surface area contributed by atoms with Crippen LogP contribution in [0.1, 0.15) is 25.8 Å². The molecule has 1 aromatic rings. The van der Waals surface area contributed by atoms with Crippen molar-refractivity contribution in [1.29, 1.82) is 0 Å². The van der Waals surface area contributed by atoms with Crippen molar-refractivity contribution in [1.82, 2.24) is 5.32 Å². The van der Waals surface area contributed by atoms with Crippen LogP contribution in [0.3, 0.4) is 0 Å². The minimum atomic E-state index is 0.218. The molecule has 3 nitrogen and oxygen atoms in total. The zero-order valence-corrected chi connectivity index (χ0v) is 11.7. The van der Waals surface area contributed by atoms with Gasteiger partial charge in [0, 0.05) is 11.8 Å². The number of aryl methyl sites for hydroxylation is 1. The summed E-state index contributed by atoms with van der Waals surface area (Å²) in [6, 6.07) is 6.88. The number of fused-ring (bicyclic) bond motifs is 1. The lowest BCUT2D eigenvalue weighted by Crippen LogP contribution is -2.38. The van der Waals surface area contributed by atoms with E-state index in [4.69, 9.17) is 9.47 Å². The highest BCUT2D eigenvalue weighted by Gasteiger charge is 2.32. The van der Waals surface area contributed by atoms with Gasteiger partial charge in [0.1, 0.15) is 0 Å². The molecule has 2 heterocycles. The molecule has 2 unspecified atom stereocenters. The maximum Gasteiger partial charge on any atom is 0.231 e. The first-order valence-corrected chi connectivity index (χ1v) is 7.43. The quantitative estimate of drug-likeness (QED) is 0.910. The van der Waals surface area contributed by atoms with Gasteiger partial charge in [-0.1, -0.05) is 6.07 Å². The standard InChI is InChI=1S/C14H19NO2S/c1-10-8-18-14(2,15-10)6-5-11-3-4-12-13(7-11)17-9-16-12/h3-4,7,10,15H,5-6,8-9H2,1-2H3. The lowest BCUT2D eigenvalue weighted by molar-refractivity contribution is 0.174. The van der Waals surface area contributed by atoms with Crippen molar-refractivity contribution in [2.45, 2.75) is 37.6 Å². The van der Waals surface area contributed by atoms with Crippen LogP contribution in [0, 0.1) is 0 Å². The van der Waals surface area contributed by atoms with Crippen molar-refractivity contribution < 1.29 is 9.47 Å². The summed E-state index contributed by atoms with van der Waals surface area (Å²) in [5.74, 6) is 2.96. The van der Waals surface area contributed by atoms with Gasteiger partial charge in [-0.15, -0.1) is 11.8 Å². The van der Waals surface area contributed by atoms with Crippen molar-refractivity contribution in [2.75, 3.05) is 12.5 Å². The number of rotatable bonds is 3. The Morgan fingerprint density at radius 3 is 3.00 bits per heavy atom. The lowest BCUT2D eigenvalue weighted by atomic mass is 10.0. The molecule has 3 rings (SSSR count). The highest BCUT2D eigenvalue weighted by atomic mass is 32.2. The van der Waals surface area contributed by atoms with E-state index in [0.717, 1.165) is 24.3 Å². The van der Waals surface area contributed by atoms with E-state index < -0.39 is 0 Å². The maximum atomic E-state index is 5.41. The number of ether oxygens (including phenoxy) is 2. The van der Waals surface area contributed by atoms with Gasteiger partial charge >= 0.3 is 0 Å². The van der Waals surface area contributed by atoms with Gasteiger partial charge in [-0.2, -0.15) is 0 Å². The normalized spacial score (nSPS) is 29.8. The molecular weight excluding hydrogens is 246 g/mol. The third kappa shape index (κ3) is 2.45. The summed E-state index contributed by atoms with van der Waals surface area (Å²) in [5, 5.41) is 3.66. The van der Waals surface area contributed by atoms with E-state index in [0.29, 0.717) is 12.8 Å². The first kappa shape index (κ1) is 12.2. The Bertz CT molecular complexity index is 451. The second kappa shape index (κ2) is 4.67. The van der Waals surface area contributed by atoms with Crippen LogP contribution in [0.4, 0.5) is 0 Å². The van der Waals surface area contributed by atoms with E-state index >= 15 is 0 Å². The number of thioether (sulfide) groups is 1. The SMILES string of the molecule is CC1CSC(C)(CCc2ccc3c(c2)OCO3)N1. The van der Waals surface area contributed by atoms with Gasteiger partial charge in [0.15, 0.2) is 11.5 Å². The fraction of sp³-hybridized carbons (Fsp3) is 0.571. The monoisotopic (exact) mass is 265 g/mol. The summed E-state index contributed by atoms with van der Waals surface area (Å²) in [6.07, 6.45) is 2.21. The average Bonchev–Trinajstić information content (AvgIpc) is 2.93. The van der Waals surface area contributed by atoms with E-state index in [1.807, 2.05) is 17.8 Å². The molecule has 2 atom stereocenters. The Morgan fingerprint density at radius 1 is 1.39 bits per heavy atom. The molecule has 1 N–H and O–H groups in total. The van der Waals surface area contributed by atoms with Crippen LogP contribution in [-0.4, -0.2) is 23.5 Å². The summed E-state index contributed by atoms with van der Waals surface area (Å²) in [4.78, 5) is 0.218. The average molecular weight is 265 g/mol. The van der Waals surface area contributed by atoms with Crippen molar-refractivity contribution in [3.63, 3.8) is 0 Å². The molecule has 18 heavy (non-hydrogen) atoms. The van der Waals surface area contributed by atoms with E-state index in [2.05, 4.69) is 31.3 Å². The molecule has 0 saturated carbocycles. The van der Waals surface area contributed by atoms with Crippen molar-refractivity contribution in [3.8, 4) is 11.5 Å². The van der Waals surface area contributed by atoms with Crippen LogP contribution in [0.15, 0.2) is 18.2 Å². The molecule has 0 radical (unpaired) electrons. The molecule has 2 aliphatic rings. The third-order valence-electron chi connectivity index (χ3n) is 3.53. The van der Waals surface area contributed by atoms with E-state index in [-0.39, 0.29) is 4.87 Å². The summed E-state index contributed by atoms with van der Waals surface area (Å²) >= 11 is 2.03. The summed E-state index contributed by atoms with van der Waals surface area (Å²) in [7, 11) is 0. The number of benzene rings is 1. The molecule has 4 heteroatoms. The molecule has 0 aliphatic carbocycles. The molecule has 2 aliphatic heterocycles. The predicted octanol–water partition coefficient (Wildman–Crippen LogP) is 2.79. The van der Waals surface area contributed by atoms with Crippen LogP contribution in [-0.2, 0) is 6.42 Å². The zero-order chi connectivity index (χ0) is 12.6. The van der Waals surface area contributed by atoms with Gasteiger partial charge in [-0.05, 0) is 44.4 Å². The van der Waals surface area contributed by atoms with Crippen LogP contribution in [0.25, 0.3) is 0 Å². The molecule has 1 aromatic carbocycles. The van der Waals surface area contributed by atoms with Gasteiger partial charge in [-0.3, -0.25) is 5.32 Å². The topological polar surface area (TPSA) is 30.5 Å². The minimum Gasteiger partial charge on any atom is -0.454 e. The van der Waals surface area contributed by atoms with Crippen LogP contribution in [0.2, 0.25) is 0 Å². The molecule has 98 valence electrons. The van der Waals surface area contributed by atoms with Gasteiger partial charge < -0.3 is 9.47 Å². The summed E-state index contributed by atoms with van der Waals surface area (Å²) < 4.78 is 10.7. The van der Waals surface area contributed by atoms with Gasteiger partial charge in [0.05, 0.1) is 4.87 Å². The number of nitrogens with one attached hydrogen (secondary N) is 1. The van der Waals surface area contributed by atoms with Gasteiger partial charge in [-0.25, -0.2) is 0 Å². The molecule has 0 aromatic heterocycles. The van der Waals surface area contributed by atoms with Crippen LogP contribution >= 0.6 is 11.8 Å². The van der Waals surface area contributed by atoms with E-state index in [1.165, 1.54) is 11.3 Å². The molecular formula is C14H19NO2S. The molecule has 0 amide bonds. The molecule has 1 fully saturated rings. The van der Waals surface area contributed by atoms with Crippen LogP contribution in [0.5, 0.6) is 11.5 Å². The largest absolute Gasteiger partial charge is 0.454 e. The van der Waals surface area contributed by atoms with Crippen LogP contribution < -0.4 is 14.8 Å². The molecule has 0 bridgehead atoms. The smallest absolute Gasteiger partial charge is 0.231 e. The van der Waals surface area contributed by atoms with Crippen molar-refractivity contribution in [2.24, 2.45) is 0 Å². The minimum absolute atomic E-state index is 0.218. The first-order valence-electron chi connectivity index (χ1n) is 6.45. The highest BCUT2D eigenvalue weighted by Crippen LogP contribution is 2.36. The fourth-order valence-electron chi connectivity index (χ4n) is 2.54. The van der Waals surface area contributed by atoms with Gasteiger partial charge in [0.2, 0.25) is 6.79 Å². The second-order valence-corrected chi connectivity index (χ2v) is 6.80. The Kier molecular flexibility index (Phi) is 3.16. The number of hydrogen-bond donors (Lipinski definition) is 1. The third-order valence-corrected chi connectivity index (χ3v) is 5.16. The maximum absolute atomic E-state index is 5.41. The second-order valence-electron chi connectivity index (χ2n) is 5.27. The zero-order valence-electron chi connectivity index (χ0n) is 10.9. The molecule has 1 saturated heterocycles. The first-order chi connectivity index (χ1) is 8.65. The fourth-order valence-corrected chi connectivity index (χ4v) is 3.77. The predicted molar refractivity (Wildman–Crippen MR) is 74.3 cm³/mol. The van der Waals surface area contributed by atoms with E-state index in [1.54, 1.807) is 0 Å². The van der Waals surface area contributed by atoms with Crippen molar-refractivity contribution >= 4 is 11.8 Å². The lowest BCUT2D eigenvalue weighted by Gasteiger charge is -2.24. The Balaban J connectivity index is 1.63. The highest BCUT2D eigenvalue weighted by molar-refractivity contribution is 8.00. The molecule has 0 spiro atoms. The Hall–Kier alpha value is -0.870. The Labute approximate surface area is 112 Å². The van der Waals surface area contributed by atoms with Gasteiger partial charge in [0.25, 0.3) is 0 Å².